The lowest BCUT2D eigenvalue weighted by Crippen LogP contribution is -1.97. The SMILES string of the molecule is COc1ccc(C(Cl)c2ccc(C)cc2Cl)cc1OC. The van der Waals surface area contributed by atoms with Crippen LogP contribution in [0.5, 0.6) is 11.5 Å². The number of hydrogen-bond donors (Lipinski definition) is 0. The summed E-state index contributed by atoms with van der Waals surface area (Å²) in [5.41, 5.74) is 2.90. The Morgan fingerprint density at radius 2 is 1.65 bits per heavy atom. The van der Waals surface area contributed by atoms with Gasteiger partial charge in [0, 0.05) is 5.02 Å². The Hall–Kier alpha value is -1.38. The molecule has 2 aromatic carbocycles. The molecule has 0 bridgehead atoms. The van der Waals surface area contributed by atoms with Gasteiger partial charge in [-0.05, 0) is 41.8 Å². The summed E-state index contributed by atoms with van der Waals surface area (Å²) in [6.07, 6.45) is 0. The van der Waals surface area contributed by atoms with Crippen molar-refractivity contribution in [1.29, 1.82) is 0 Å². The standard InChI is InChI=1S/C16H16Cl2O2/c1-10-4-6-12(13(17)8-10)16(18)11-5-7-14(19-2)15(9-11)20-3/h4-9,16H,1-3H3. The molecule has 0 saturated heterocycles. The molecule has 1 unspecified atom stereocenters. The Morgan fingerprint density at radius 3 is 2.25 bits per heavy atom. The highest BCUT2D eigenvalue weighted by Crippen LogP contribution is 2.37. The summed E-state index contributed by atoms with van der Waals surface area (Å²) in [6, 6.07) is 11.5. The van der Waals surface area contributed by atoms with E-state index in [2.05, 4.69) is 0 Å². The van der Waals surface area contributed by atoms with Gasteiger partial charge in [0.25, 0.3) is 0 Å². The summed E-state index contributed by atoms with van der Waals surface area (Å²) < 4.78 is 10.5. The fourth-order valence-corrected chi connectivity index (χ4v) is 2.75. The zero-order valence-electron chi connectivity index (χ0n) is 11.6. The van der Waals surface area contributed by atoms with Crippen molar-refractivity contribution >= 4 is 23.2 Å². The van der Waals surface area contributed by atoms with Gasteiger partial charge >= 0.3 is 0 Å². The van der Waals surface area contributed by atoms with Gasteiger partial charge in [0.05, 0.1) is 19.6 Å². The van der Waals surface area contributed by atoms with Crippen molar-refractivity contribution in [3.8, 4) is 11.5 Å². The van der Waals surface area contributed by atoms with E-state index in [0.717, 1.165) is 16.7 Å². The Bertz CT molecular complexity index is 611. The third kappa shape index (κ3) is 3.02. The molecule has 0 aliphatic heterocycles. The zero-order valence-corrected chi connectivity index (χ0v) is 13.1. The summed E-state index contributed by atoms with van der Waals surface area (Å²) >= 11 is 12.8. The van der Waals surface area contributed by atoms with Crippen molar-refractivity contribution in [2.75, 3.05) is 14.2 Å². The molecule has 0 radical (unpaired) electrons. The molecule has 0 aliphatic carbocycles. The fourth-order valence-electron chi connectivity index (χ4n) is 2.03. The zero-order chi connectivity index (χ0) is 14.7. The molecule has 0 N–H and O–H groups in total. The number of halogens is 2. The minimum atomic E-state index is -0.331. The van der Waals surface area contributed by atoms with Crippen molar-refractivity contribution in [3.63, 3.8) is 0 Å². The van der Waals surface area contributed by atoms with Crippen molar-refractivity contribution in [2.45, 2.75) is 12.3 Å². The smallest absolute Gasteiger partial charge is 0.161 e. The van der Waals surface area contributed by atoms with Gasteiger partial charge in [0.2, 0.25) is 0 Å². The van der Waals surface area contributed by atoms with E-state index in [1.54, 1.807) is 14.2 Å². The Morgan fingerprint density at radius 1 is 0.950 bits per heavy atom. The van der Waals surface area contributed by atoms with Crippen molar-refractivity contribution in [3.05, 3.63) is 58.1 Å². The molecule has 0 fully saturated rings. The molecule has 0 amide bonds. The van der Waals surface area contributed by atoms with Gasteiger partial charge in [0.15, 0.2) is 11.5 Å². The molecule has 0 spiro atoms. The molecule has 106 valence electrons. The van der Waals surface area contributed by atoms with Crippen molar-refractivity contribution in [1.82, 2.24) is 0 Å². The molecule has 2 rings (SSSR count). The molecule has 0 saturated carbocycles. The van der Waals surface area contributed by atoms with Gasteiger partial charge in [-0.2, -0.15) is 0 Å². The maximum Gasteiger partial charge on any atom is 0.161 e. The molecule has 20 heavy (non-hydrogen) atoms. The highest BCUT2D eigenvalue weighted by Gasteiger charge is 2.16. The molecule has 0 heterocycles. The third-order valence-electron chi connectivity index (χ3n) is 3.13. The maximum absolute atomic E-state index is 6.53. The first-order valence-corrected chi connectivity index (χ1v) is 7.00. The number of hydrogen-bond acceptors (Lipinski definition) is 2. The Balaban J connectivity index is 2.40. The van der Waals surface area contributed by atoms with E-state index in [0.29, 0.717) is 16.5 Å². The summed E-state index contributed by atoms with van der Waals surface area (Å²) in [5.74, 6) is 1.33. The van der Waals surface area contributed by atoms with Crippen LogP contribution in [0, 0.1) is 6.92 Å². The Labute approximate surface area is 129 Å². The lowest BCUT2D eigenvalue weighted by atomic mass is 10.0. The van der Waals surface area contributed by atoms with E-state index in [9.17, 15) is 0 Å². The minimum absolute atomic E-state index is 0.331. The normalized spacial score (nSPS) is 12.1. The van der Waals surface area contributed by atoms with Crippen LogP contribution in [0.1, 0.15) is 22.1 Å². The van der Waals surface area contributed by atoms with Crippen molar-refractivity contribution < 1.29 is 9.47 Å². The lowest BCUT2D eigenvalue weighted by Gasteiger charge is -2.15. The highest BCUT2D eigenvalue weighted by atomic mass is 35.5. The van der Waals surface area contributed by atoms with Gasteiger partial charge in [-0.25, -0.2) is 0 Å². The molecular weight excluding hydrogens is 295 g/mol. The average molecular weight is 311 g/mol. The van der Waals surface area contributed by atoms with Crippen LogP contribution < -0.4 is 9.47 Å². The molecule has 1 atom stereocenters. The number of alkyl halides is 1. The van der Waals surface area contributed by atoms with Gasteiger partial charge < -0.3 is 9.47 Å². The van der Waals surface area contributed by atoms with Crippen LogP contribution in [0.4, 0.5) is 0 Å². The molecule has 0 aliphatic rings. The average Bonchev–Trinajstić information content (AvgIpc) is 2.45. The monoisotopic (exact) mass is 310 g/mol. The molecule has 2 nitrogen and oxygen atoms in total. The molecule has 0 aromatic heterocycles. The first-order valence-electron chi connectivity index (χ1n) is 6.19. The molecular formula is C16H16Cl2O2. The van der Waals surface area contributed by atoms with E-state index < -0.39 is 0 Å². The topological polar surface area (TPSA) is 18.5 Å². The van der Waals surface area contributed by atoms with Crippen LogP contribution in [0.15, 0.2) is 36.4 Å². The van der Waals surface area contributed by atoms with Gasteiger partial charge in [0.1, 0.15) is 0 Å². The fraction of sp³-hybridized carbons (Fsp3) is 0.250. The number of methoxy groups -OCH3 is 2. The Kier molecular flexibility index (Phi) is 4.79. The second-order valence-electron chi connectivity index (χ2n) is 4.50. The number of rotatable bonds is 4. The van der Waals surface area contributed by atoms with Crippen LogP contribution in [-0.4, -0.2) is 14.2 Å². The first kappa shape index (κ1) is 15.0. The second-order valence-corrected chi connectivity index (χ2v) is 5.35. The number of aryl methyl sites for hydroxylation is 1. The number of benzene rings is 2. The lowest BCUT2D eigenvalue weighted by molar-refractivity contribution is 0.354. The molecule has 4 heteroatoms. The molecule has 2 aromatic rings. The first-order chi connectivity index (χ1) is 9.56. The summed E-state index contributed by atoms with van der Waals surface area (Å²) in [6.45, 7) is 2.00. The van der Waals surface area contributed by atoms with E-state index in [1.165, 1.54) is 0 Å². The quantitative estimate of drug-likeness (QED) is 0.740. The van der Waals surface area contributed by atoms with Crippen LogP contribution in [-0.2, 0) is 0 Å². The van der Waals surface area contributed by atoms with Crippen LogP contribution in [0.2, 0.25) is 5.02 Å². The van der Waals surface area contributed by atoms with Crippen molar-refractivity contribution in [2.24, 2.45) is 0 Å². The van der Waals surface area contributed by atoms with Gasteiger partial charge in [-0.3, -0.25) is 0 Å². The van der Waals surface area contributed by atoms with Gasteiger partial charge in [-0.1, -0.05) is 29.8 Å². The van der Waals surface area contributed by atoms with Crippen LogP contribution >= 0.6 is 23.2 Å². The van der Waals surface area contributed by atoms with Gasteiger partial charge in [-0.15, -0.1) is 11.6 Å². The van der Waals surface area contributed by atoms with E-state index in [1.807, 2.05) is 43.3 Å². The van der Waals surface area contributed by atoms with E-state index in [-0.39, 0.29) is 5.38 Å². The largest absolute Gasteiger partial charge is 0.493 e. The van der Waals surface area contributed by atoms with Crippen LogP contribution in [0.3, 0.4) is 0 Å². The minimum Gasteiger partial charge on any atom is -0.493 e. The highest BCUT2D eigenvalue weighted by molar-refractivity contribution is 6.33. The van der Waals surface area contributed by atoms with Crippen LogP contribution in [0.25, 0.3) is 0 Å². The maximum atomic E-state index is 6.53. The number of ether oxygens (including phenoxy) is 2. The van der Waals surface area contributed by atoms with E-state index in [4.69, 9.17) is 32.7 Å². The second kappa shape index (κ2) is 6.38. The predicted octanol–water partition coefficient (Wildman–Crippen LogP) is 4.99. The van der Waals surface area contributed by atoms with E-state index >= 15 is 0 Å². The predicted molar refractivity (Wildman–Crippen MR) is 83.4 cm³/mol. The summed E-state index contributed by atoms with van der Waals surface area (Å²) in [7, 11) is 3.20. The summed E-state index contributed by atoms with van der Waals surface area (Å²) in [5, 5.41) is 0.336. The summed E-state index contributed by atoms with van der Waals surface area (Å²) in [4.78, 5) is 0. The third-order valence-corrected chi connectivity index (χ3v) is 3.94.